The van der Waals surface area contributed by atoms with E-state index in [9.17, 15) is 14.0 Å². The first-order valence-corrected chi connectivity index (χ1v) is 10.3. The molecule has 0 aromatic carbocycles. The minimum atomic E-state index is -2.80. The number of oxazole rings is 1. The van der Waals surface area contributed by atoms with Gasteiger partial charge in [-0.3, -0.25) is 0 Å². The zero-order valence-corrected chi connectivity index (χ0v) is 17.8. The van der Waals surface area contributed by atoms with Crippen molar-refractivity contribution in [2.24, 2.45) is 0 Å². The molecule has 2 N–H and O–H groups in total. The molecule has 1 fully saturated rings. The van der Waals surface area contributed by atoms with Crippen LogP contribution < -0.4 is 5.32 Å². The molecule has 1 unspecified atom stereocenters. The van der Waals surface area contributed by atoms with Crippen molar-refractivity contribution >= 4 is 5.82 Å². The van der Waals surface area contributed by atoms with Gasteiger partial charge in [0.2, 0.25) is 0 Å². The maximum Gasteiger partial charge on any atom is 0.251 e. The summed E-state index contributed by atoms with van der Waals surface area (Å²) in [5.41, 5.74) is 2.22. The summed E-state index contributed by atoms with van der Waals surface area (Å²) in [6, 6.07) is 2.72. The quantitative estimate of drug-likeness (QED) is 0.590. The minimum absolute atomic E-state index is 0.0723. The van der Waals surface area contributed by atoms with Crippen LogP contribution in [-0.4, -0.2) is 53.0 Å². The van der Waals surface area contributed by atoms with Crippen molar-refractivity contribution in [2.45, 2.75) is 57.9 Å². The number of piperidine rings is 1. The Morgan fingerprint density at radius 2 is 2.13 bits per heavy atom. The maximum atomic E-state index is 14.0. The fraction of sp³-hybridized carbons (Fsp3) is 0.619. The van der Waals surface area contributed by atoms with Gasteiger partial charge in [-0.15, -0.1) is 0 Å². The molecular weight excluding hydrogens is 394 g/mol. The normalized spacial score (nSPS) is 19.2. The van der Waals surface area contributed by atoms with Gasteiger partial charge in [-0.1, -0.05) is 6.92 Å². The molecule has 1 aliphatic rings. The van der Waals surface area contributed by atoms with Crippen LogP contribution in [0.25, 0.3) is 0 Å². The average molecular weight is 424 g/mol. The number of halogens is 2. The fourth-order valence-corrected chi connectivity index (χ4v) is 3.68. The Morgan fingerprint density at radius 1 is 1.33 bits per heavy atom. The van der Waals surface area contributed by atoms with E-state index in [0.717, 1.165) is 28.6 Å². The summed E-state index contributed by atoms with van der Waals surface area (Å²) in [6.07, 6.45) is 1.11. The highest BCUT2D eigenvalue weighted by Gasteiger charge is 2.40. The van der Waals surface area contributed by atoms with Gasteiger partial charge in [0, 0.05) is 51.6 Å². The Bertz CT molecular complexity index is 844. The molecule has 7 nitrogen and oxygen atoms in total. The molecule has 0 radical (unpaired) electrons. The van der Waals surface area contributed by atoms with Gasteiger partial charge in [0.25, 0.3) is 5.92 Å². The first kappa shape index (κ1) is 22.6. The van der Waals surface area contributed by atoms with Gasteiger partial charge in [0.1, 0.15) is 11.6 Å². The largest absolute Gasteiger partial charge is 0.445 e. The number of methoxy groups -OCH3 is 1. The summed E-state index contributed by atoms with van der Waals surface area (Å²) >= 11 is 0. The van der Waals surface area contributed by atoms with E-state index in [1.165, 1.54) is 0 Å². The number of nitrogens with one attached hydrogen (secondary N) is 1. The topological polar surface area (TPSA) is 83.7 Å². The van der Waals surface area contributed by atoms with Crippen molar-refractivity contribution in [3.8, 4) is 0 Å². The standard InChI is InChI=1S/C21H30F2N4O3/c1-4-18-14(2)25-20(30-18)6-5-16-11-15(12-19(26-16)24-8-10-29-3)17-13-21(22,23)7-9-27(17)28/h11-12,17,28H,4-10,13H2,1-3H3,(H,24,26). The molecule has 0 saturated carbocycles. The summed E-state index contributed by atoms with van der Waals surface area (Å²) in [7, 11) is 1.60. The molecule has 1 saturated heterocycles. The summed E-state index contributed by atoms with van der Waals surface area (Å²) in [5, 5.41) is 14.4. The number of ether oxygens (including phenoxy) is 1. The highest BCUT2D eigenvalue weighted by Crippen LogP contribution is 2.39. The molecule has 1 aliphatic heterocycles. The smallest absolute Gasteiger partial charge is 0.251 e. The predicted molar refractivity (Wildman–Crippen MR) is 108 cm³/mol. The molecule has 166 valence electrons. The Labute approximate surface area is 175 Å². The fourth-order valence-electron chi connectivity index (χ4n) is 3.68. The molecule has 2 aromatic rings. The summed E-state index contributed by atoms with van der Waals surface area (Å²) < 4.78 is 38.8. The zero-order chi connectivity index (χ0) is 21.7. The Hall–Kier alpha value is -2.10. The maximum absolute atomic E-state index is 14.0. The second-order valence-electron chi connectivity index (χ2n) is 7.66. The molecule has 3 rings (SSSR count). The van der Waals surface area contributed by atoms with E-state index in [1.54, 1.807) is 19.2 Å². The van der Waals surface area contributed by atoms with E-state index >= 15 is 0 Å². The third-order valence-corrected chi connectivity index (χ3v) is 5.31. The van der Waals surface area contributed by atoms with Crippen LogP contribution in [0.4, 0.5) is 14.6 Å². The third-order valence-electron chi connectivity index (χ3n) is 5.31. The molecule has 2 aromatic heterocycles. The molecule has 9 heteroatoms. The number of nitrogens with zero attached hydrogens (tertiary/aromatic N) is 3. The lowest BCUT2D eigenvalue weighted by Crippen LogP contribution is -2.40. The number of hydrogen-bond acceptors (Lipinski definition) is 7. The first-order chi connectivity index (χ1) is 14.3. The SMILES string of the molecule is CCc1oc(CCc2cc(C3CC(F)(F)CCN3O)cc(NCCOC)n2)nc1C. The first-order valence-electron chi connectivity index (χ1n) is 10.3. The average Bonchev–Trinajstić information content (AvgIpc) is 3.08. The van der Waals surface area contributed by atoms with E-state index in [4.69, 9.17) is 9.15 Å². The second-order valence-corrected chi connectivity index (χ2v) is 7.66. The third kappa shape index (κ3) is 5.74. The van der Waals surface area contributed by atoms with Gasteiger partial charge in [-0.25, -0.2) is 18.7 Å². The zero-order valence-electron chi connectivity index (χ0n) is 17.8. The lowest BCUT2D eigenvalue weighted by Gasteiger charge is -2.35. The number of aromatic nitrogens is 2. The van der Waals surface area contributed by atoms with Crippen molar-refractivity contribution < 1.29 is 23.1 Å². The Balaban J connectivity index is 1.81. The molecule has 0 amide bonds. The van der Waals surface area contributed by atoms with E-state index in [0.29, 0.717) is 43.3 Å². The monoisotopic (exact) mass is 424 g/mol. The van der Waals surface area contributed by atoms with Crippen molar-refractivity contribution in [1.82, 2.24) is 15.0 Å². The van der Waals surface area contributed by atoms with Crippen LogP contribution in [0.2, 0.25) is 0 Å². The van der Waals surface area contributed by atoms with Gasteiger partial charge < -0.3 is 19.7 Å². The number of hydroxylamine groups is 2. The Morgan fingerprint density at radius 3 is 2.83 bits per heavy atom. The van der Waals surface area contributed by atoms with Crippen LogP contribution in [0.15, 0.2) is 16.5 Å². The van der Waals surface area contributed by atoms with Gasteiger partial charge in [-0.05, 0) is 31.0 Å². The molecule has 0 aliphatic carbocycles. The van der Waals surface area contributed by atoms with Gasteiger partial charge in [0.05, 0.1) is 18.3 Å². The van der Waals surface area contributed by atoms with Crippen LogP contribution in [0.5, 0.6) is 0 Å². The number of hydrogen-bond donors (Lipinski definition) is 2. The van der Waals surface area contributed by atoms with E-state index < -0.39 is 18.4 Å². The lowest BCUT2D eigenvalue weighted by atomic mass is 9.94. The van der Waals surface area contributed by atoms with Crippen molar-refractivity contribution in [2.75, 3.05) is 32.1 Å². The highest BCUT2D eigenvalue weighted by atomic mass is 19.3. The minimum Gasteiger partial charge on any atom is -0.445 e. The number of rotatable bonds is 9. The summed E-state index contributed by atoms with van der Waals surface area (Å²) in [4.78, 5) is 9.05. The number of alkyl halides is 2. The lowest BCUT2D eigenvalue weighted by molar-refractivity contribution is -0.195. The highest BCUT2D eigenvalue weighted by molar-refractivity contribution is 5.41. The van der Waals surface area contributed by atoms with E-state index in [1.807, 2.05) is 13.8 Å². The van der Waals surface area contributed by atoms with Crippen molar-refractivity contribution in [1.29, 1.82) is 0 Å². The van der Waals surface area contributed by atoms with E-state index in [2.05, 4.69) is 15.3 Å². The second kappa shape index (κ2) is 9.80. The summed E-state index contributed by atoms with van der Waals surface area (Å²) in [5.74, 6) is -0.726. The molecule has 0 bridgehead atoms. The van der Waals surface area contributed by atoms with Crippen LogP contribution in [0.1, 0.15) is 54.4 Å². The Kier molecular flexibility index (Phi) is 7.38. The van der Waals surface area contributed by atoms with E-state index in [-0.39, 0.29) is 13.0 Å². The number of pyridine rings is 1. The van der Waals surface area contributed by atoms with Crippen molar-refractivity contribution in [3.63, 3.8) is 0 Å². The molecule has 3 heterocycles. The predicted octanol–water partition coefficient (Wildman–Crippen LogP) is 3.95. The van der Waals surface area contributed by atoms with Crippen molar-refractivity contribution in [3.05, 3.63) is 40.7 Å². The number of anilines is 1. The summed E-state index contributed by atoms with van der Waals surface area (Å²) in [6.45, 7) is 4.89. The van der Waals surface area contributed by atoms with Crippen LogP contribution >= 0.6 is 0 Å². The van der Waals surface area contributed by atoms with Crippen LogP contribution in [-0.2, 0) is 24.0 Å². The van der Waals surface area contributed by atoms with Crippen LogP contribution in [0, 0.1) is 6.92 Å². The van der Waals surface area contributed by atoms with Gasteiger partial charge in [-0.2, -0.15) is 5.06 Å². The molecule has 30 heavy (non-hydrogen) atoms. The van der Waals surface area contributed by atoms with Crippen LogP contribution in [0.3, 0.4) is 0 Å². The number of aryl methyl sites for hydroxylation is 4. The molecule has 1 atom stereocenters. The molecule has 0 spiro atoms. The molecular formula is C21H30F2N4O3. The van der Waals surface area contributed by atoms with Gasteiger partial charge in [0.15, 0.2) is 5.89 Å². The van der Waals surface area contributed by atoms with Gasteiger partial charge >= 0.3 is 0 Å².